The average Bonchev–Trinajstić information content (AvgIpc) is 1.06. The van der Waals surface area contributed by atoms with Gasteiger partial charge >= 0.3 is 39.5 Å². The van der Waals surface area contributed by atoms with Crippen LogP contribution in [0.4, 0.5) is 0 Å². The number of ether oxygens (including phenoxy) is 4. The fourth-order valence-corrected chi connectivity index (χ4v) is 12.4. The Morgan fingerprint density at radius 3 is 0.850 bits per heavy atom. The van der Waals surface area contributed by atoms with Crippen LogP contribution in [0.15, 0.2) is 85.1 Å². The van der Waals surface area contributed by atoms with Crippen molar-refractivity contribution in [2.75, 3.05) is 39.6 Å². The highest BCUT2D eigenvalue weighted by molar-refractivity contribution is 7.47. The van der Waals surface area contributed by atoms with Gasteiger partial charge in [-0.3, -0.25) is 37.3 Å². The monoisotopic (exact) mass is 1450 g/mol. The van der Waals surface area contributed by atoms with E-state index in [1.165, 1.54) is 128 Å². The van der Waals surface area contributed by atoms with Crippen LogP contribution < -0.4 is 0 Å². The third kappa shape index (κ3) is 72.6. The largest absolute Gasteiger partial charge is 0.472 e. The van der Waals surface area contributed by atoms with E-state index in [9.17, 15) is 43.2 Å². The van der Waals surface area contributed by atoms with E-state index in [0.717, 1.165) is 135 Å². The summed E-state index contributed by atoms with van der Waals surface area (Å²) in [4.78, 5) is 72.9. The van der Waals surface area contributed by atoms with Crippen molar-refractivity contribution in [3.8, 4) is 0 Å². The first kappa shape index (κ1) is 96.2. The van der Waals surface area contributed by atoms with Crippen LogP contribution >= 0.6 is 15.6 Å². The second-order valence-corrected chi connectivity index (χ2v) is 29.5. The zero-order chi connectivity index (χ0) is 73.2. The van der Waals surface area contributed by atoms with E-state index < -0.39 is 97.5 Å². The summed E-state index contributed by atoms with van der Waals surface area (Å²) >= 11 is 0. The molecule has 0 amide bonds. The lowest BCUT2D eigenvalue weighted by Gasteiger charge is -2.21. The van der Waals surface area contributed by atoms with Crippen LogP contribution in [0.3, 0.4) is 0 Å². The molecule has 0 rings (SSSR count). The van der Waals surface area contributed by atoms with Gasteiger partial charge in [-0.15, -0.1) is 0 Å². The maximum Gasteiger partial charge on any atom is 0.472 e. The van der Waals surface area contributed by atoms with Gasteiger partial charge in [0.1, 0.15) is 19.3 Å². The van der Waals surface area contributed by atoms with Crippen molar-refractivity contribution in [1.82, 2.24) is 0 Å². The summed E-state index contributed by atoms with van der Waals surface area (Å²) in [5.74, 6) is -2.24. The van der Waals surface area contributed by atoms with Gasteiger partial charge in [-0.2, -0.15) is 0 Å². The third-order valence-corrected chi connectivity index (χ3v) is 18.7. The first-order valence-corrected chi connectivity index (χ1v) is 42.8. The molecular weight excluding hydrogens is 1310 g/mol. The first-order valence-electron chi connectivity index (χ1n) is 39.8. The maximum atomic E-state index is 13.1. The van der Waals surface area contributed by atoms with E-state index in [0.29, 0.717) is 32.1 Å². The van der Waals surface area contributed by atoms with Gasteiger partial charge in [-0.25, -0.2) is 9.13 Å². The van der Waals surface area contributed by atoms with Gasteiger partial charge in [0.15, 0.2) is 12.2 Å². The molecule has 0 aromatic rings. The molecule has 0 spiro atoms. The van der Waals surface area contributed by atoms with Gasteiger partial charge in [-0.1, -0.05) is 293 Å². The van der Waals surface area contributed by atoms with Crippen LogP contribution in [0.5, 0.6) is 0 Å². The van der Waals surface area contributed by atoms with Gasteiger partial charge in [-0.05, 0) is 116 Å². The van der Waals surface area contributed by atoms with Crippen LogP contribution in [0.1, 0.15) is 349 Å². The van der Waals surface area contributed by atoms with E-state index in [2.05, 4.69) is 101 Å². The second-order valence-electron chi connectivity index (χ2n) is 26.6. The van der Waals surface area contributed by atoms with Crippen LogP contribution in [-0.2, 0) is 65.4 Å². The van der Waals surface area contributed by atoms with Crippen LogP contribution in [0, 0.1) is 0 Å². The molecular formula is C81H144O17P2. The number of rotatable bonds is 75. The molecule has 17 nitrogen and oxygen atoms in total. The molecule has 580 valence electrons. The lowest BCUT2D eigenvalue weighted by molar-refractivity contribution is -0.161. The number of hydrogen-bond donors (Lipinski definition) is 3. The number of carbonyl (C=O) groups excluding carboxylic acids is 4. The Morgan fingerprint density at radius 2 is 0.530 bits per heavy atom. The highest BCUT2D eigenvalue weighted by atomic mass is 31.2. The minimum atomic E-state index is -4.99. The molecule has 0 aliphatic heterocycles. The molecule has 0 aromatic heterocycles. The summed E-state index contributed by atoms with van der Waals surface area (Å²) in [5, 5.41) is 10.6. The van der Waals surface area contributed by atoms with Gasteiger partial charge in [0.05, 0.1) is 26.4 Å². The van der Waals surface area contributed by atoms with Gasteiger partial charge in [0.25, 0.3) is 0 Å². The zero-order valence-corrected chi connectivity index (χ0v) is 65.2. The number of carbonyl (C=O) groups is 4. The van der Waals surface area contributed by atoms with Crippen LogP contribution in [0.2, 0.25) is 0 Å². The zero-order valence-electron chi connectivity index (χ0n) is 63.4. The number of aliphatic hydroxyl groups is 1. The van der Waals surface area contributed by atoms with Crippen molar-refractivity contribution >= 4 is 39.5 Å². The molecule has 0 saturated heterocycles. The van der Waals surface area contributed by atoms with Crippen LogP contribution in [-0.4, -0.2) is 96.7 Å². The fraction of sp³-hybridized carbons (Fsp3) is 0.778. The summed E-state index contributed by atoms with van der Waals surface area (Å²) in [6, 6.07) is 0. The maximum absolute atomic E-state index is 13.1. The average molecular weight is 1450 g/mol. The summed E-state index contributed by atoms with van der Waals surface area (Å²) in [7, 11) is -9.96. The van der Waals surface area contributed by atoms with E-state index in [1.807, 2.05) is 12.2 Å². The molecule has 0 bridgehead atoms. The molecule has 0 saturated carbocycles. The molecule has 100 heavy (non-hydrogen) atoms. The number of allylic oxidation sites excluding steroid dienone is 14. The predicted molar refractivity (Wildman–Crippen MR) is 409 cm³/mol. The minimum Gasteiger partial charge on any atom is -0.462 e. The number of phosphoric acid groups is 2. The summed E-state index contributed by atoms with van der Waals surface area (Å²) < 4.78 is 68.5. The second kappa shape index (κ2) is 73.5. The Morgan fingerprint density at radius 1 is 0.290 bits per heavy atom. The fourth-order valence-electron chi connectivity index (χ4n) is 10.8. The lowest BCUT2D eigenvalue weighted by Crippen LogP contribution is -2.30. The topological polar surface area (TPSA) is 237 Å². The van der Waals surface area contributed by atoms with E-state index in [-0.39, 0.29) is 25.7 Å². The van der Waals surface area contributed by atoms with E-state index in [4.69, 9.17) is 37.0 Å². The lowest BCUT2D eigenvalue weighted by atomic mass is 10.0. The third-order valence-electron chi connectivity index (χ3n) is 16.8. The van der Waals surface area contributed by atoms with Gasteiger partial charge in [0.2, 0.25) is 0 Å². The Hall–Kier alpha value is -3.76. The highest BCUT2D eigenvalue weighted by Gasteiger charge is 2.30. The van der Waals surface area contributed by atoms with Crippen molar-refractivity contribution in [1.29, 1.82) is 0 Å². The first-order chi connectivity index (χ1) is 48.7. The van der Waals surface area contributed by atoms with Gasteiger partial charge < -0.3 is 33.8 Å². The Kier molecular flexibility index (Phi) is 70.8. The standard InChI is InChI=1S/C81H144O17P2/c1-5-9-13-17-21-25-29-33-36-37-40-43-46-50-54-58-62-66-79(84)92-72-77(98-81(86)68-64-60-56-52-48-44-39-35-31-27-23-19-15-11-7-3)74-96-100(89,90)94-70-75(82)69-93-99(87,88)95-73-76(97-80(85)67-63-59-55-51-47-41-32-28-24-20-16-12-8-4)71-91-78(83)65-61-57-53-49-45-42-38-34-30-26-22-18-14-10-6-2/h9,13,21,25,33-36,38-40,43,50,54,75-77,82H,5-8,10-12,14-20,22-24,26-32,37,41-42,44-49,51-53,55-74H2,1-4H3,(H,87,88)(H,89,90)/b13-9-,25-21-,36-33-,38-34-,39-35-,43-40-,54-50-. The quantitative estimate of drug-likeness (QED) is 0.0169. The number of unbranched alkanes of at least 4 members (excludes halogenated alkanes) is 35. The predicted octanol–water partition coefficient (Wildman–Crippen LogP) is 23.0. The molecule has 5 unspecified atom stereocenters. The highest BCUT2D eigenvalue weighted by Crippen LogP contribution is 2.45. The molecule has 0 aromatic carbocycles. The smallest absolute Gasteiger partial charge is 0.462 e. The Labute approximate surface area is 608 Å². The summed E-state index contributed by atoms with van der Waals surface area (Å²) in [5.41, 5.74) is 0. The minimum absolute atomic E-state index is 0.0742. The Balaban J connectivity index is 5.39. The molecule has 0 aliphatic rings. The normalized spacial score (nSPS) is 14.3. The van der Waals surface area contributed by atoms with Gasteiger partial charge in [0, 0.05) is 25.7 Å². The number of phosphoric ester groups is 2. The molecule has 0 fully saturated rings. The number of esters is 4. The number of aliphatic hydroxyl groups excluding tert-OH is 1. The molecule has 5 atom stereocenters. The SMILES string of the molecule is CC/C=C\C/C=C\C/C=C\C/C=C\C/C=C\CCCC(=O)OCC(COP(=O)(O)OCC(O)COP(=O)(O)OCC(COC(=O)CCCCCCC/C=C\CCCCCCCC)OC(=O)CCCCCCCCCCCCCCC)OC(=O)CCCCCCC/C=C\CCCCCCCC. The molecule has 0 heterocycles. The molecule has 0 radical (unpaired) electrons. The Bertz CT molecular complexity index is 2230. The van der Waals surface area contributed by atoms with E-state index >= 15 is 0 Å². The molecule has 19 heteroatoms. The van der Waals surface area contributed by atoms with Crippen molar-refractivity contribution in [2.24, 2.45) is 0 Å². The molecule has 0 aliphatic carbocycles. The van der Waals surface area contributed by atoms with Crippen LogP contribution in [0.25, 0.3) is 0 Å². The van der Waals surface area contributed by atoms with Crippen molar-refractivity contribution in [3.05, 3.63) is 85.1 Å². The van der Waals surface area contributed by atoms with Crippen molar-refractivity contribution < 1.29 is 80.2 Å². The summed E-state index contributed by atoms with van der Waals surface area (Å²) in [6.45, 7) is 4.72. The van der Waals surface area contributed by atoms with E-state index in [1.54, 1.807) is 0 Å². The summed E-state index contributed by atoms with van der Waals surface area (Å²) in [6.07, 6.45) is 75.7. The number of hydrogen-bond acceptors (Lipinski definition) is 15. The molecule has 3 N–H and O–H groups in total. The van der Waals surface area contributed by atoms with Crippen molar-refractivity contribution in [2.45, 2.75) is 367 Å². The van der Waals surface area contributed by atoms with Crippen molar-refractivity contribution in [3.63, 3.8) is 0 Å².